The number of aromatic amines is 1. The average Bonchev–Trinajstić information content (AvgIpc) is 2.64. The van der Waals surface area contributed by atoms with Crippen LogP contribution < -0.4 is 10.9 Å². The number of nitrogens with one attached hydrogen (secondary N) is 2. The molecule has 6 nitrogen and oxygen atoms in total. The van der Waals surface area contributed by atoms with Gasteiger partial charge >= 0.3 is 5.97 Å². The molecule has 0 aromatic carbocycles. The fraction of sp³-hybridized carbons (Fsp3) is 0.500. The van der Waals surface area contributed by atoms with Crippen molar-refractivity contribution < 1.29 is 14.7 Å². The molecule has 108 valence electrons. The summed E-state index contributed by atoms with van der Waals surface area (Å²) in [6, 6.07) is 2.58. The van der Waals surface area contributed by atoms with Gasteiger partial charge in [0.25, 0.3) is 11.5 Å². The molecule has 0 bridgehead atoms. The van der Waals surface area contributed by atoms with E-state index in [2.05, 4.69) is 10.3 Å². The predicted octanol–water partition coefficient (Wildman–Crippen LogP) is 1.14. The maximum atomic E-state index is 12.1. The first-order valence-electron chi connectivity index (χ1n) is 6.81. The highest BCUT2D eigenvalue weighted by Crippen LogP contribution is 2.24. The molecule has 1 aliphatic carbocycles. The molecule has 1 aliphatic rings. The Morgan fingerprint density at radius 1 is 1.25 bits per heavy atom. The molecule has 0 radical (unpaired) electrons. The molecule has 1 amide bonds. The van der Waals surface area contributed by atoms with Crippen LogP contribution in [0.15, 0.2) is 23.1 Å². The van der Waals surface area contributed by atoms with Crippen molar-refractivity contribution in [3.8, 4) is 0 Å². The Morgan fingerprint density at radius 3 is 2.70 bits per heavy atom. The van der Waals surface area contributed by atoms with E-state index in [-0.39, 0.29) is 5.56 Å². The van der Waals surface area contributed by atoms with Crippen molar-refractivity contribution in [2.24, 2.45) is 5.92 Å². The van der Waals surface area contributed by atoms with Gasteiger partial charge in [-0.05, 0) is 25.0 Å². The van der Waals surface area contributed by atoms with Gasteiger partial charge < -0.3 is 15.4 Å². The number of carboxylic acid groups (broad SMARTS) is 1. The average molecular weight is 278 g/mol. The topological polar surface area (TPSA) is 99.3 Å². The number of rotatable bonds is 3. The van der Waals surface area contributed by atoms with Gasteiger partial charge in [-0.15, -0.1) is 0 Å². The monoisotopic (exact) mass is 278 g/mol. The van der Waals surface area contributed by atoms with Gasteiger partial charge in [-0.2, -0.15) is 0 Å². The first-order chi connectivity index (χ1) is 9.59. The normalized spacial score (nSPS) is 22.8. The standard InChI is InChI=1S/C14H18N2O4/c17-12-10(6-4-8-15-12)13(18)16-11-7-3-1-2-5-9(11)14(19)20/h4,6,8-9,11H,1-3,5,7H2,(H,15,17)(H,16,18)(H,19,20). The molecule has 6 heteroatoms. The second-order valence-corrected chi connectivity index (χ2v) is 5.08. The van der Waals surface area contributed by atoms with Crippen LogP contribution in [0.5, 0.6) is 0 Å². The highest BCUT2D eigenvalue weighted by molar-refractivity contribution is 5.94. The Kier molecular flexibility index (Phi) is 4.55. The summed E-state index contributed by atoms with van der Waals surface area (Å²) in [5, 5.41) is 12.0. The Hall–Kier alpha value is -2.11. The fourth-order valence-corrected chi connectivity index (χ4v) is 2.62. The van der Waals surface area contributed by atoms with Gasteiger partial charge in [-0.25, -0.2) is 0 Å². The lowest BCUT2D eigenvalue weighted by molar-refractivity contribution is -0.142. The number of hydrogen-bond donors (Lipinski definition) is 3. The minimum Gasteiger partial charge on any atom is -0.481 e. The molecular formula is C14H18N2O4. The first kappa shape index (κ1) is 14.3. The predicted molar refractivity (Wildman–Crippen MR) is 72.5 cm³/mol. The van der Waals surface area contributed by atoms with Crippen molar-refractivity contribution in [3.63, 3.8) is 0 Å². The summed E-state index contributed by atoms with van der Waals surface area (Å²) in [6.07, 6.45) is 5.36. The van der Waals surface area contributed by atoms with Crippen molar-refractivity contribution >= 4 is 11.9 Å². The van der Waals surface area contributed by atoms with E-state index in [1.54, 1.807) is 6.07 Å². The molecule has 1 aromatic rings. The molecule has 1 saturated carbocycles. The number of amides is 1. The molecule has 1 fully saturated rings. The van der Waals surface area contributed by atoms with Crippen molar-refractivity contribution in [2.45, 2.75) is 38.1 Å². The number of pyridine rings is 1. The third-order valence-corrected chi connectivity index (χ3v) is 3.71. The van der Waals surface area contributed by atoms with E-state index in [0.29, 0.717) is 12.8 Å². The van der Waals surface area contributed by atoms with Crippen molar-refractivity contribution in [1.29, 1.82) is 0 Å². The third-order valence-electron chi connectivity index (χ3n) is 3.71. The van der Waals surface area contributed by atoms with Crippen molar-refractivity contribution in [2.75, 3.05) is 0 Å². The zero-order valence-corrected chi connectivity index (χ0v) is 11.1. The van der Waals surface area contributed by atoms with E-state index in [1.807, 2.05) is 0 Å². The van der Waals surface area contributed by atoms with Crippen LogP contribution in [0.4, 0.5) is 0 Å². The molecule has 1 aromatic heterocycles. The number of aliphatic carboxylic acids is 1. The SMILES string of the molecule is O=C(NC1CCCCCC1C(=O)O)c1ccc[nH]c1=O. The lowest BCUT2D eigenvalue weighted by Crippen LogP contribution is -2.44. The van der Waals surface area contributed by atoms with Crippen LogP contribution in [-0.2, 0) is 4.79 Å². The van der Waals surface area contributed by atoms with E-state index >= 15 is 0 Å². The molecular weight excluding hydrogens is 260 g/mol. The number of carbonyl (C=O) groups excluding carboxylic acids is 1. The van der Waals surface area contributed by atoms with Crippen molar-refractivity contribution in [1.82, 2.24) is 10.3 Å². The largest absolute Gasteiger partial charge is 0.481 e. The summed E-state index contributed by atoms with van der Waals surface area (Å²) in [4.78, 5) is 37.4. The minimum atomic E-state index is -0.890. The van der Waals surface area contributed by atoms with Crippen LogP contribution in [0.2, 0.25) is 0 Å². The minimum absolute atomic E-state index is 0.0147. The molecule has 2 unspecified atom stereocenters. The number of aromatic nitrogens is 1. The summed E-state index contributed by atoms with van der Waals surface area (Å²) >= 11 is 0. The van der Waals surface area contributed by atoms with E-state index in [9.17, 15) is 19.5 Å². The Balaban J connectivity index is 2.14. The third kappa shape index (κ3) is 3.26. The summed E-state index contributed by atoms with van der Waals surface area (Å²) in [5.74, 6) is -1.98. The highest BCUT2D eigenvalue weighted by atomic mass is 16.4. The molecule has 0 saturated heterocycles. The number of carbonyl (C=O) groups is 2. The van der Waals surface area contributed by atoms with Crippen molar-refractivity contribution in [3.05, 3.63) is 34.2 Å². The van der Waals surface area contributed by atoms with E-state index in [1.165, 1.54) is 12.3 Å². The molecule has 20 heavy (non-hydrogen) atoms. The Bertz CT molecular complexity index is 552. The molecule has 2 rings (SSSR count). The van der Waals surface area contributed by atoms with E-state index < -0.39 is 29.4 Å². The van der Waals surface area contributed by atoms with Crippen LogP contribution in [0.25, 0.3) is 0 Å². The van der Waals surface area contributed by atoms with Gasteiger partial charge in [0.1, 0.15) is 5.56 Å². The summed E-state index contributed by atoms with van der Waals surface area (Å²) in [5.41, 5.74) is -0.452. The second-order valence-electron chi connectivity index (χ2n) is 5.08. The first-order valence-corrected chi connectivity index (χ1v) is 6.81. The molecule has 0 spiro atoms. The van der Waals surface area contributed by atoms with Crippen LogP contribution in [0.1, 0.15) is 42.5 Å². The highest BCUT2D eigenvalue weighted by Gasteiger charge is 2.31. The Labute approximate surface area is 116 Å². The number of carboxylic acids is 1. The van der Waals surface area contributed by atoms with Crippen LogP contribution in [0.3, 0.4) is 0 Å². The molecule has 3 N–H and O–H groups in total. The summed E-state index contributed by atoms with van der Waals surface area (Å²) in [7, 11) is 0. The van der Waals surface area contributed by atoms with Crippen LogP contribution in [-0.4, -0.2) is 28.0 Å². The smallest absolute Gasteiger partial charge is 0.308 e. The summed E-state index contributed by atoms with van der Waals surface area (Å²) in [6.45, 7) is 0. The van der Waals surface area contributed by atoms with E-state index in [4.69, 9.17) is 0 Å². The molecule has 0 aliphatic heterocycles. The lowest BCUT2D eigenvalue weighted by Gasteiger charge is -2.22. The fourth-order valence-electron chi connectivity index (χ4n) is 2.62. The van der Waals surface area contributed by atoms with E-state index in [0.717, 1.165) is 19.3 Å². The van der Waals surface area contributed by atoms with Gasteiger partial charge in [0.2, 0.25) is 0 Å². The van der Waals surface area contributed by atoms with Gasteiger partial charge in [0.15, 0.2) is 0 Å². The van der Waals surface area contributed by atoms with Crippen LogP contribution in [0, 0.1) is 5.92 Å². The van der Waals surface area contributed by atoms with Crippen LogP contribution >= 0.6 is 0 Å². The summed E-state index contributed by atoms with van der Waals surface area (Å²) < 4.78 is 0. The maximum Gasteiger partial charge on any atom is 0.308 e. The quantitative estimate of drug-likeness (QED) is 0.722. The zero-order valence-electron chi connectivity index (χ0n) is 11.1. The van der Waals surface area contributed by atoms with Gasteiger partial charge in [-0.3, -0.25) is 14.4 Å². The number of H-pyrrole nitrogens is 1. The van der Waals surface area contributed by atoms with Gasteiger partial charge in [0, 0.05) is 12.2 Å². The number of hydrogen-bond acceptors (Lipinski definition) is 3. The second kappa shape index (κ2) is 6.36. The lowest BCUT2D eigenvalue weighted by atomic mass is 9.94. The Morgan fingerprint density at radius 2 is 2.00 bits per heavy atom. The maximum absolute atomic E-state index is 12.1. The van der Waals surface area contributed by atoms with Gasteiger partial charge in [-0.1, -0.05) is 19.3 Å². The molecule has 2 atom stereocenters. The zero-order chi connectivity index (χ0) is 14.5. The molecule has 1 heterocycles. The van der Waals surface area contributed by atoms with Gasteiger partial charge in [0.05, 0.1) is 5.92 Å².